The van der Waals surface area contributed by atoms with Crippen LogP contribution in [0.3, 0.4) is 0 Å². The molecule has 0 radical (unpaired) electrons. The summed E-state index contributed by atoms with van der Waals surface area (Å²) < 4.78 is 4.82. The number of thiazole rings is 1. The second-order valence-corrected chi connectivity index (χ2v) is 6.51. The average Bonchev–Trinajstić information content (AvgIpc) is 3.07. The topological polar surface area (TPSA) is 52.2 Å². The van der Waals surface area contributed by atoms with E-state index in [2.05, 4.69) is 35.2 Å². The van der Waals surface area contributed by atoms with E-state index in [0.29, 0.717) is 17.0 Å². The molecule has 0 unspecified atom stereocenters. The van der Waals surface area contributed by atoms with Crippen LogP contribution in [-0.4, -0.2) is 20.3 Å². The summed E-state index contributed by atoms with van der Waals surface area (Å²) in [6.07, 6.45) is 0.998. The number of hydrogen-bond donors (Lipinski definition) is 0. The van der Waals surface area contributed by atoms with Crippen LogP contribution in [0.2, 0.25) is 0 Å². The molecule has 0 aliphatic rings. The molecule has 2 aromatic heterocycles. The lowest BCUT2D eigenvalue weighted by Gasteiger charge is -1.99. The van der Waals surface area contributed by atoms with Crippen LogP contribution in [0.15, 0.2) is 29.3 Å². The lowest BCUT2D eigenvalue weighted by Crippen LogP contribution is -2.15. The zero-order valence-corrected chi connectivity index (χ0v) is 14.6. The summed E-state index contributed by atoms with van der Waals surface area (Å²) in [6.45, 7) is 6.64. The summed E-state index contributed by atoms with van der Waals surface area (Å²) in [7, 11) is 1.94. The van der Waals surface area contributed by atoms with Crippen molar-refractivity contribution >= 4 is 27.5 Å². The van der Waals surface area contributed by atoms with Gasteiger partial charge in [0.25, 0.3) is 5.91 Å². The van der Waals surface area contributed by atoms with Crippen LogP contribution in [0.5, 0.6) is 0 Å². The number of fused-ring (bicyclic) bond motifs is 1. The predicted molar refractivity (Wildman–Crippen MR) is 92.7 cm³/mol. The largest absolute Gasteiger partial charge is 0.319 e. The van der Waals surface area contributed by atoms with Crippen molar-refractivity contribution in [3.63, 3.8) is 0 Å². The van der Waals surface area contributed by atoms with Crippen molar-refractivity contribution in [3.05, 3.63) is 46.0 Å². The van der Waals surface area contributed by atoms with Crippen molar-refractivity contribution in [1.82, 2.24) is 14.3 Å². The molecule has 1 amide bonds. The summed E-state index contributed by atoms with van der Waals surface area (Å²) in [4.78, 5) is 17.6. The maximum absolute atomic E-state index is 12.5. The Morgan fingerprint density at radius 3 is 2.78 bits per heavy atom. The number of carbonyl (C=O) groups is 1. The number of aryl methyl sites for hydroxylation is 4. The molecule has 0 aliphatic carbocycles. The van der Waals surface area contributed by atoms with Gasteiger partial charge in [0.2, 0.25) is 0 Å². The first-order valence-electron chi connectivity index (χ1n) is 7.75. The predicted octanol–water partition coefficient (Wildman–Crippen LogP) is 3.07. The fourth-order valence-corrected chi connectivity index (χ4v) is 3.69. The smallest absolute Gasteiger partial charge is 0.297 e. The average molecular weight is 328 g/mol. The standard InChI is InChI=1S/C17H20N4OS/c1-5-12-7-8-13-15(10-12)23-17(20(13)4)18-16(22)14-9-11(3)19-21(14)6-2/h7-10H,5-6H2,1-4H3. The van der Waals surface area contributed by atoms with Crippen LogP contribution >= 0.6 is 11.3 Å². The zero-order valence-electron chi connectivity index (χ0n) is 13.8. The first-order chi connectivity index (χ1) is 11.0. The van der Waals surface area contributed by atoms with Gasteiger partial charge in [0.1, 0.15) is 5.69 Å². The van der Waals surface area contributed by atoms with Crippen molar-refractivity contribution in [2.45, 2.75) is 33.7 Å². The van der Waals surface area contributed by atoms with Crippen LogP contribution in [0.1, 0.15) is 35.6 Å². The molecule has 0 aliphatic heterocycles. The Hall–Kier alpha value is -2.21. The molecule has 3 aromatic rings. The van der Waals surface area contributed by atoms with Gasteiger partial charge in [0.15, 0.2) is 4.80 Å². The zero-order chi connectivity index (χ0) is 16.6. The number of hydrogen-bond acceptors (Lipinski definition) is 3. The minimum Gasteiger partial charge on any atom is -0.319 e. The van der Waals surface area contributed by atoms with Crippen LogP contribution < -0.4 is 4.80 Å². The van der Waals surface area contributed by atoms with Crippen molar-refractivity contribution in [2.24, 2.45) is 12.0 Å². The molecular formula is C17H20N4OS. The van der Waals surface area contributed by atoms with E-state index in [0.717, 1.165) is 22.3 Å². The Labute approximate surface area is 138 Å². The SMILES string of the molecule is CCc1ccc2c(c1)sc(=NC(=O)c1cc(C)nn1CC)n2C. The van der Waals surface area contributed by atoms with Gasteiger partial charge in [-0.05, 0) is 44.0 Å². The van der Waals surface area contributed by atoms with Crippen LogP contribution in [-0.2, 0) is 20.0 Å². The monoisotopic (exact) mass is 328 g/mol. The van der Waals surface area contributed by atoms with E-state index in [1.165, 1.54) is 5.56 Å². The summed E-state index contributed by atoms with van der Waals surface area (Å²) in [5.74, 6) is -0.245. The van der Waals surface area contributed by atoms with E-state index in [-0.39, 0.29) is 5.91 Å². The van der Waals surface area contributed by atoms with Gasteiger partial charge in [-0.3, -0.25) is 9.48 Å². The number of nitrogens with zero attached hydrogens (tertiary/aromatic N) is 4. The third kappa shape index (κ3) is 2.86. The minimum absolute atomic E-state index is 0.245. The summed E-state index contributed by atoms with van der Waals surface area (Å²) >= 11 is 1.54. The molecule has 6 heteroatoms. The van der Waals surface area contributed by atoms with Gasteiger partial charge in [-0.2, -0.15) is 10.1 Å². The number of rotatable bonds is 3. The third-order valence-electron chi connectivity index (χ3n) is 3.90. The lowest BCUT2D eigenvalue weighted by atomic mass is 10.2. The van der Waals surface area contributed by atoms with Gasteiger partial charge in [-0.15, -0.1) is 0 Å². The summed E-state index contributed by atoms with van der Waals surface area (Å²) in [5.41, 5.74) is 3.76. The van der Waals surface area contributed by atoms with Crippen molar-refractivity contribution in [3.8, 4) is 0 Å². The molecule has 0 N–H and O–H groups in total. The van der Waals surface area contributed by atoms with Crippen LogP contribution in [0.25, 0.3) is 10.2 Å². The van der Waals surface area contributed by atoms with Gasteiger partial charge in [0, 0.05) is 13.6 Å². The molecule has 3 rings (SSSR count). The Bertz CT molecular complexity index is 945. The number of benzene rings is 1. The molecular weight excluding hydrogens is 308 g/mol. The highest BCUT2D eigenvalue weighted by molar-refractivity contribution is 7.16. The first-order valence-corrected chi connectivity index (χ1v) is 8.57. The number of amides is 1. The number of aromatic nitrogens is 3. The lowest BCUT2D eigenvalue weighted by molar-refractivity contribution is 0.0988. The second kappa shape index (κ2) is 6.12. The second-order valence-electron chi connectivity index (χ2n) is 5.50. The fraction of sp³-hybridized carbons (Fsp3) is 0.353. The molecule has 0 atom stereocenters. The van der Waals surface area contributed by atoms with Crippen molar-refractivity contribution in [2.75, 3.05) is 0 Å². The van der Waals surface area contributed by atoms with Crippen molar-refractivity contribution in [1.29, 1.82) is 0 Å². The summed E-state index contributed by atoms with van der Waals surface area (Å²) in [5, 5.41) is 4.31. The molecule has 120 valence electrons. The molecule has 1 aromatic carbocycles. The van der Waals surface area contributed by atoms with Gasteiger partial charge in [-0.1, -0.05) is 24.3 Å². The van der Waals surface area contributed by atoms with E-state index in [1.54, 1.807) is 22.1 Å². The van der Waals surface area contributed by atoms with E-state index < -0.39 is 0 Å². The Kier molecular flexibility index (Phi) is 4.17. The van der Waals surface area contributed by atoms with Crippen LogP contribution in [0.4, 0.5) is 0 Å². The maximum atomic E-state index is 12.5. The molecule has 0 saturated heterocycles. The fourth-order valence-electron chi connectivity index (χ4n) is 2.61. The summed E-state index contributed by atoms with van der Waals surface area (Å²) in [6, 6.07) is 8.17. The van der Waals surface area contributed by atoms with Gasteiger partial charge in [-0.25, -0.2) is 0 Å². The molecule has 23 heavy (non-hydrogen) atoms. The number of carbonyl (C=O) groups excluding carboxylic acids is 1. The minimum atomic E-state index is -0.245. The maximum Gasteiger partial charge on any atom is 0.297 e. The molecule has 0 saturated carbocycles. The van der Waals surface area contributed by atoms with Crippen molar-refractivity contribution < 1.29 is 4.79 Å². The normalized spacial score (nSPS) is 12.3. The Morgan fingerprint density at radius 2 is 2.09 bits per heavy atom. The van der Waals surface area contributed by atoms with E-state index in [9.17, 15) is 4.79 Å². The molecule has 0 bridgehead atoms. The highest BCUT2D eigenvalue weighted by Gasteiger charge is 2.13. The van der Waals surface area contributed by atoms with Crippen LogP contribution in [0, 0.1) is 6.92 Å². The highest BCUT2D eigenvalue weighted by atomic mass is 32.1. The molecule has 5 nitrogen and oxygen atoms in total. The van der Waals surface area contributed by atoms with Gasteiger partial charge in [0.05, 0.1) is 15.9 Å². The Balaban J connectivity index is 2.09. The quantitative estimate of drug-likeness (QED) is 0.742. The molecule has 2 heterocycles. The highest BCUT2D eigenvalue weighted by Crippen LogP contribution is 2.19. The third-order valence-corrected chi connectivity index (χ3v) is 4.99. The molecule has 0 fully saturated rings. The van der Waals surface area contributed by atoms with Gasteiger partial charge >= 0.3 is 0 Å². The van der Waals surface area contributed by atoms with Gasteiger partial charge < -0.3 is 4.57 Å². The molecule has 0 spiro atoms. The van der Waals surface area contributed by atoms with E-state index in [1.807, 2.05) is 25.5 Å². The van der Waals surface area contributed by atoms with E-state index in [4.69, 9.17) is 0 Å². The Morgan fingerprint density at radius 1 is 1.30 bits per heavy atom. The van der Waals surface area contributed by atoms with E-state index >= 15 is 0 Å². The first kappa shape index (κ1) is 15.7.